The van der Waals surface area contributed by atoms with Crippen LogP contribution in [0.15, 0.2) is 158 Å². The van der Waals surface area contributed by atoms with Crippen molar-refractivity contribution in [2.45, 2.75) is 32.7 Å². The van der Waals surface area contributed by atoms with E-state index in [4.69, 9.17) is 21.6 Å². The van der Waals surface area contributed by atoms with Crippen LogP contribution in [0.3, 0.4) is 0 Å². The lowest BCUT2D eigenvalue weighted by Crippen LogP contribution is -2.19. The van der Waals surface area contributed by atoms with Crippen molar-refractivity contribution in [3.05, 3.63) is 174 Å². The number of thiazole rings is 1. The summed E-state index contributed by atoms with van der Waals surface area (Å²) < 4.78 is 3.43. The number of nitrogens with one attached hydrogen (secondary N) is 1. The van der Waals surface area contributed by atoms with Gasteiger partial charge in [0.1, 0.15) is 10.8 Å². The maximum atomic E-state index is 7.54. The van der Waals surface area contributed by atoms with Gasteiger partial charge in [-0.05, 0) is 101 Å². The van der Waals surface area contributed by atoms with Crippen molar-refractivity contribution in [1.29, 1.82) is 0 Å². The van der Waals surface area contributed by atoms with Gasteiger partial charge in [0.05, 0.1) is 37.6 Å². The minimum Gasteiger partial charge on any atom is -0.354 e. The molecule has 0 aliphatic rings. The number of para-hydroxylation sites is 2. The molecular formula is C47H38ClN5S. The molecule has 54 heavy (non-hydrogen) atoms. The standard InChI is InChI=1S/C47H38ClN5S/c1-47(2,3)33-27-39(50-34-22-20-32(21-23-34)46-51-38-16-8-10-18-43(38)54-46)45(48)42(28-33)52(30-31-13-5-4-6-14-31)35-24-25-41-37(29-35)36-15-7-9-17-40(36)53(41)44-19-11-12-26-49-44/h4-29,50H,30H2,1-3H3. The van der Waals surface area contributed by atoms with Gasteiger partial charge in [0.2, 0.25) is 0 Å². The molecule has 0 saturated heterocycles. The summed E-state index contributed by atoms with van der Waals surface area (Å²) in [6, 6.07) is 53.1. The third kappa shape index (κ3) is 6.38. The van der Waals surface area contributed by atoms with Crippen LogP contribution in [0, 0.1) is 0 Å². The minimum atomic E-state index is -0.134. The number of hydrogen-bond acceptors (Lipinski definition) is 5. The first-order valence-corrected chi connectivity index (χ1v) is 19.3. The molecule has 0 unspecified atom stereocenters. The molecule has 3 aromatic heterocycles. The summed E-state index contributed by atoms with van der Waals surface area (Å²) in [7, 11) is 0. The van der Waals surface area contributed by atoms with E-state index in [9.17, 15) is 0 Å². The van der Waals surface area contributed by atoms with Crippen molar-refractivity contribution in [3.8, 4) is 16.4 Å². The Morgan fingerprint density at radius 2 is 1.46 bits per heavy atom. The molecule has 0 atom stereocenters. The first-order chi connectivity index (χ1) is 26.3. The van der Waals surface area contributed by atoms with E-state index in [2.05, 4.69) is 169 Å². The Morgan fingerprint density at radius 3 is 2.24 bits per heavy atom. The Kier molecular flexibility index (Phi) is 8.65. The van der Waals surface area contributed by atoms with Gasteiger partial charge in [0.15, 0.2) is 0 Å². The summed E-state index contributed by atoms with van der Waals surface area (Å²) in [6.45, 7) is 7.37. The predicted octanol–water partition coefficient (Wildman–Crippen LogP) is 13.5. The van der Waals surface area contributed by atoms with Gasteiger partial charge in [-0.1, -0.05) is 99.1 Å². The van der Waals surface area contributed by atoms with Crippen molar-refractivity contribution in [2.75, 3.05) is 10.2 Å². The Morgan fingerprint density at radius 1 is 0.722 bits per heavy atom. The van der Waals surface area contributed by atoms with E-state index in [-0.39, 0.29) is 5.41 Å². The molecule has 0 aliphatic carbocycles. The van der Waals surface area contributed by atoms with Crippen LogP contribution in [-0.4, -0.2) is 14.5 Å². The average Bonchev–Trinajstić information content (AvgIpc) is 3.78. The van der Waals surface area contributed by atoms with E-state index < -0.39 is 0 Å². The van der Waals surface area contributed by atoms with Crippen molar-refractivity contribution in [1.82, 2.24) is 14.5 Å². The van der Waals surface area contributed by atoms with E-state index in [0.29, 0.717) is 11.6 Å². The maximum absolute atomic E-state index is 7.54. The van der Waals surface area contributed by atoms with E-state index in [1.807, 2.05) is 24.4 Å². The first-order valence-electron chi connectivity index (χ1n) is 18.1. The highest BCUT2D eigenvalue weighted by molar-refractivity contribution is 7.21. The second-order valence-corrected chi connectivity index (χ2v) is 16.0. The normalized spacial score (nSPS) is 11.8. The lowest BCUT2D eigenvalue weighted by Gasteiger charge is -2.30. The van der Waals surface area contributed by atoms with Crippen molar-refractivity contribution < 1.29 is 0 Å². The molecule has 0 aliphatic heterocycles. The number of halogens is 1. The number of fused-ring (bicyclic) bond motifs is 4. The van der Waals surface area contributed by atoms with Gasteiger partial charge < -0.3 is 10.2 Å². The Bertz CT molecular complexity index is 2730. The second kappa shape index (κ2) is 13.8. The van der Waals surface area contributed by atoms with Crippen LogP contribution in [0.2, 0.25) is 5.02 Å². The molecule has 6 aromatic carbocycles. The zero-order valence-electron chi connectivity index (χ0n) is 30.3. The molecule has 0 saturated carbocycles. The zero-order valence-corrected chi connectivity index (χ0v) is 31.9. The molecule has 0 spiro atoms. The lowest BCUT2D eigenvalue weighted by molar-refractivity contribution is 0.590. The number of pyridine rings is 1. The molecule has 1 N–H and O–H groups in total. The largest absolute Gasteiger partial charge is 0.354 e. The number of nitrogens with zero attached hydrogens (tertiary/aromatic N) is 4. The van der Waals surface area contributed by atoms with E-state index in [1.54, 1.807) is 11.3 Å². The van der Waals surface area contributed by atoms with Gasteiger partial charge in [-0.15, -0.1) is 11.3 Å². The molecule has 9 aromatic rings. The maximum Gasteiger partial charge on any atom is 0.137 e. The molecule has 3 heterocycles. The Hall–Kier alpha value is -5.95. The highest BCUT2D eigenvalue weighted by Gasteiger charge is 2.24. The van der Waals surface area contributed by atoms with Crippen molar-refractivity contribution in [2.24, 2.45) is 0 Å². The molecule has 7 heteroatoms. The van der Waals surface area contributed by atoms with Crippen LogP contribution in [-0.2, 0) is 12.0 Å². The fraction of sp³-hybridized carbons (Fsp3) is 0.106. The topological polar surface area (TPSA) is 46.0 Å². The summed E-state index contributed by atoms with van der Waals surface area (Å²) in [4.78, 5) is 11.9. The smallest absolute Gasteiger partial charge is 0.137 e. The highest BCUT2D eigenvalue weighted by atomic mass is 35.5. The van der Waals surface area contributed by atoms with Crippen molar-refractivity contribution >= 4 is 77.7 Å². The minimum absolute atomic E-state index is 0.134. The van der Waals surface area contributed by atoms with Gasteiger partial charge >= 0.3 is 0 Å². The van der Waals surface area contributed by atoms with Gasteiger partial charge in [-0.3, -0.25) is 4.57 Å². The quantitative estimate of drug-likeness (QED) is 0.169. The monoisotopic (exact) mass is 739 g/mol. The molecule has 0 radical (unpaired) electrons. The van der Waals surface area contributed by atoms with E-state index >= 15 is 0 Å². The van der Waals surface area contributed by atoms with Gasteiger partial charge in [0, 0.05) is 40.5 Å². The Balaban J connectivity index is 1.16. The molecule has 0 bridgehead atoms. The van der Waals surface area contributed by atoms with Crippen molar-refractivity contribution in [3.63, 3.8) is 0 Å². The SMILES string of the molecule is CC(C)(C)c1cc(Nc2ccc(-c3nc4ccccc4s3)cc2)c(Cl)c(N(Cc2ccccc2)c2ccc3c(c2)c2ccccc2n3-c2ccccn2)c1. The Labute approximate surface area is 324 Å². The van der Waals surface area contributed by atoms with Gasteiger partial charge in [-0.2, -0.15) is 0 Å². The van der Waals surface area contributed by atoms with E-state index in [1.165, 1.54) is 21.2 Å². The molecule has 5 nitrogen and oxygen atoms in total. The molecule has 0 fully saturated rings. The summed E-state index contributed by atoms with van der Waals surface area (Å²) in [5.74, 6) is 0.891. The number of hydrogen-bond donors (Lipinski definition) is 1. The third-order valence-electron chi connectivity index (χ3n) is 9.94. The van der Waals surface area contributed by atoms with Gasteiger partial charge in [0.25, 0.3) is 0 Å². The number of benzene rings is 6. The molecular weight excluding hydrogens is 702 g/mol. The molecule has 0 amide bonds. The molecule has 264 valence electrons. The third-order valence-corrected chi connectivity index (χ3v) is 11.4. The van der Waals surface area contributed by atoms with Crippen LogP contribution in [0.1, 0.15) is 31.9 Å². The van der Waals surface area contributed by atoms with Crippen LogP contribution in [0.5, 0.6) is 0 Å². The summed E-state index contributed by atoms with van der Waals surface area (Å²) in [5.41, 5.74) is 10.4. The average molecular weight is 740 g/mol. The lowest BCUT2D eigenvalue weighted by atomic mass is 9.86. The fourth-order valence-corrected chi connectivity index (χ4v) is 8.35. The van der Waals surface area contributed by atoms with Crippen LogP contribution >= 0.6 is 22.9 Å². The van der Waals surface area contributed by atoms with Crippen LogP contribution in [0.4, 0.5) is 22.7 Å². The highest BCUT2D eigenvalue weighted by Crippen LogP contribution is 2.44. The number of rotatable bonds is 8. The van der Waals surface area contributed by atoms with Crippen LogP contribution in [0.25, 0.3) is 48.4 Å². The number of anilines is 4. The van der Waals surface area contributed by atoms with Crippen LogP contribution < -0.4 is 10.2 Å². The zero-order chi connectivity index (χ0) is 36.8. The second-order valence-electron chi connectivity index (χ2n) is 14.6. The first kappa shape index (κ1) is 33.9. The van der Waals surface area contributed by atoms with E-state index in [0.717, 1.165) is 61.1 Å². The summed E-state index contributed by atoms with van der Waals surface area (Å²) in [5, 5.41) is 7.68. The van der Waals surface area contributed by atoms with Gasteiger partial charge in [-0.25, -0.2) is 9.97 Å². The molecule has 9 rings (SSSR count). The summed E-state index contributed by atoms with van der Waals surface area (Å²) in [6.07, 6.45) is 1.85. The fourth-order valence-electron chi connectivity index (χ4n) is 7.12. The summed E-state index contributed by atoms with van der Waals surface area (Å²) >= 11 is 9.25. The number of aromatic nitrogens is 3. The predicted molar refractivity (Wildman–Crippen MR) is 229 cm³/mol.